The predicted octanol–water partition coefficient (Wildman–Crippen LogP) is 2.98. The molecule has 0 aliphatic carbocycles. The van der Waals surface area contributed by atoms with Crippen LogP contribution in [-0.2, 0) is 9.05 Å². The van der Waals surface area contributed by atoms with E-state index in [2.05, 4.69) is 38.5 Å². The number of hydrogen-bond donors (Lipinski definition) is 0. The molecular weight excluding hydrogens is 378 g/mol. The van der Waals surface area contributed by atoms with Crippen molar-refractivity contribution in [2.24, 2.45) is 0 Å². The first-order valence-corrected chi connectivity index (χ1v) is 6.99. The molecule has 6 heteroatoms. The molecule has 2 nitrogen and oxygen atoms in total. The van der Waals surface area contributed by atoms with Crippen LogP contribution >= 0.6 is 49.2 Å². The van der Waals surface area contributed by atoms with Gasteiger partial charge in [0, 0.05) is 18.7 Å². The molecule has 0 spiro atoms. The molecule has 1 rings (SSSR count). The van der Waals surface area contributed by atoms with Crippen LogP contribution in [0.25, 0.3) is 0 Å². The fourth-order valence-corrected chi connectivity index (χ4v) is 3.82. The second kappa shape index (κ2) is 3.81. The zero-order valence-corrected chi connectivity index (χ0v) is 10.9. The molecule has 1 aromatic rings. The van der Waals surface area contributed by atoms with Crippen molar-refractivity contribution in [1.29, 1.82) is 0 Å². The third-order valence-corrected chi connectivity index (χ3v) is 4.13. The van der Waals surface area contributed by atoms with Gasteiger partial charge in [-0.2, -0.15) is 0 Å². The van der Waals surface area contributed by atoms with Gasteiger partial charge in [0.25, 0.3) is 9.05 Å². The molecule has 0 aromatic heterocycles. The Morgan fingerprint density at radius 2 is 2.00 bits per heavy atom. The molecule has 12 heavy (non-hydrogen) atoms. The minimum atomic E-state index is -3.63. The molecule has 0 aliphatic rings. The van der Waals surface area contributed by atoms with Gasteiger partial charge in [-0.15, -0.1) is 0 Å². The predicted molar refractivity (Wildman–Crippen MR) is 59.9 cm³/mol. The summed E-state index contributed by atoms with van der Waals surface area (Å²) in [5.41, 5.74) is 0. The molecule has 0 aliphatic heterocycles. The van der Waals surface area contributed by atoms with Crippen LogP contribution in [0.5, 0.6) is 0 Å². The van der Waals surface area contributed by atoms with Crippen LogP contribution in [0.1, 0.15) is 0 Å². The van der Waals surface area contributed by atoms with Gasteiger partial charge in [-0.1, -0.05) is 0 Å². The summed E-state index contributed by atoms with van der Waals surface area (Å²) in [6.07, 6.45) is 0. The minimum absolute atomic E-state index is 0.101. The molecule has 0 atom stereocenters. The van der Waals surface area contributed by atoms with E-state index in [1.807, 2.05) is 0 Å². The van der Waals surface area contributed by atoms with Crippen LogP contribution in [0.2, 0.25) is 0 Å². The molecule has 0 amide bonds. The maximum absolute atomic E-state index is 10.9. The molecule has 1 aromatic carbocycles. The third kappa shape index (κ3) is 2.58. The van der Waals surface area contributed by atoms with Gasteiger partial charge < -0.3 is 0 Å². The summed E-state index contributed by atoms with van der Waals surface area (Å²) in [5.74, 6) is 0. The van der Waals surface area contributed by atoms with E-state index in [1.165, 1.54) is 6.07 Å². The van der Waals surface area contributed by atoms with Gasteiger partial charge in [0.1, 0.15) is 0 Å². The van der Waals surface area contributed by atoms with E-state index < -0.39 is 9.05 Å². The van der Waals surface area contributed by atoms with Crippen LogP contribution < -0.4 is 0 Å². The van der Waals surface area contributed by atoms with Gasteiger partial charge in [-0.25, -0.2) is 8.42 Å². The summed E-state index contributed by atoms with van der Waals surface area (Å²) in [7, 11) is 1.53. The maximum Gasteiger partial charge on any atom is 0.262 e. The first-order valence-electron chi connectivity index (χ1n) is 2.81. The summed E-state index contributed by atoms with van der Waals surface area (Å²) in [6, 6.07) is 4.84. The highest BCUT2D eigenvalue weighted by Gasteiger charge is 2.13. The van der Waals surface area contributed by atoms with E-state index in [1.54, 1.807) is 12.1 Å². The van der Waals surface area contributed by atoms with Crippen LogP contribution in [0.3, 0.4) is 0 Å². The lowest BCUT2D eigenvalue weighted by molar-refractivity contribution is 0.609. The van der Waals surface area contributed by atoms with Crippen molar-refractivity contribution in [3.05, 3.63) is 26.2 Å². The molecule has 66 valence electrons. The number of halogens is 3. The first kappa shape index (κ1) is 10.7. The summed E-state index contributed by atoms with van der Waals surface area (Å²) in [5, 5.41) is 0. The molecule has 0 bridgehead atoms. The van der Waals surface area contributed by atoms with Gasteiger partial charge in [-0.3, -0.25) is 0 Å². The average molecular weight is 381 g/mol. The zero-order chi connectivity index (χ0) is 9.35. The Balaban J connectivity index is 3.39. The molecule has 0 radical (unpaired) electrons. The van der Waals surface area contributed by atoms with Crippen molar-refractivity contribution in [2.75, 3.05) is 0 Å². The van der Waals surface area contributed by atoms with Crippen LogP contribution in [-0.4, -0.2) is 8.42 Å². The van der Waals surface area contributed by atoms with Crippen LogP contribution in [0.15, 0.2) is 27.6 Å². The number of benzene rings is 1. The largest absolute Gasteiger partial charge is 0.262 e. The molecule has 0 unspecified atom stereocenters. The van der Waals surface area contributed by atoms with Crippen LogP contribution in [0.4, 0.5) is 0 Å². The smallest absolute Gasteiger partial charge is 0.207 e. The normalized spacial score (nSPS) is 11.6. The Morgan fingerprint density at radius 3 is 2.42 bits per heavy atom. The number of hydrogen-bond acceptors (Lipinski definition) is 2. The molecule has 0 N–H and O–H groups in total. The van der Waals surface area contributed by atoms with Crippen LogP contribution in [0, 0.1) is 3.57 Å². The lowest BCUT2D eigenvalue weighted by Gasteiger charge is -1.99. The van der Waals surface area contributed by atoms with Crippen molar-refractivity contribution in [1.82, 2.24) is 0 Å². The summed E-state index contributed by atoms with van der Waals surface area (Å²) in [6.45, 7) is 0. The highest BCUT2D eigenvalue weighted by atomic mass is 127. The fourth-order valence-electron chi connectivity index (χ4n) is 0.673. The highest BCUT2D eigenvalue weighted by molar-refractivity contribution is 14.1. The van der Waals surface area contributed by atoms with Crippen molar-refractivity contribution in [3.63, 3.8) is 0 Å². The van der Waals surface area contributed by atoms with Gasteiger partial charge >= 0.3 is 0 Å². The molecular formula is C6H3BrClIO2S. The Labute approximate surface area is 97.0 Å². The van der Waals surface area contributed by atoms with Gasteiger partial charge in [0.2, 0.25) is 0 Å². The standard InChI is InChI=1S/C6H3BrClIO2S/c7-5-3-4(9)1-2-6(5)12(8,10)11/h1-3H. The first-order chi connectivity index (χ1) is 5.41. The average Bonchev–Trinajstić information content (AvgIpc) is 1.83. The molecule has 0 heterocycles. The topological polar surface area (TPSA) is 34.1 Å². The summed E-state index contributed by atoms with van der Waals surface area (Å²) < 4.78 is 23.2. The SMILES string of the molecule is O=S(=O)(Cl)c1ccc(I)cc1Br. The monoisotopic (exact) mass is 380 g/mol. The van der Waals surface area contributed by atoms with Crippen molar-refractivity contribution >= 4 is 58.3 Å². The van der Waals surface area contributed by atoms with E-state index in [0.717, 1.165) is 3.57 Å². The van der Waals surface area contributed by atoms with Gasteiger partial charge in [-0.05, 0) is 56.7 Å². The fraction of sp³-hybridized carbons (Fsp3) is 0. The van der Waals surface area contributed by atoms with E-state index >= 15 is 0 Å². The van der Waals surface area contributed by atoms with Gasteiger partial charge in [0.05, 0.1) is 4.90 Å². The molecule has 0 saturated carbocycles. The maximum atomic E-state index is 10.9. The van der Waals surface area contributed by atoms with E-state index in [0.29, 0.717) is 4.47 Å². The van der Waals surface area contributed by atoms with Crippen molar-refractivity contribution < 1.29 is 8.42 Å². The quantitative estimate of drug-likeness (QED) is 0.554. The summed E-state index contributed by atoms with van der Waals surface area (Å²) >= 11 is 5.20. The highest BCUT2D eigenvalue weighted by Crippen LogP contribution is 2.26. The second-order valence-corrected chi connectivity index (χ2v) is 6.65. The van der Waals surface area contributed by atoms with E-state index in [9.17, 15) is 8.42 Å². The molecule has 0 fully saturated rings. The number of rotatable bonds is 1. The zero-order valence-electron chi connectivity index (χ0n) is 5.59. The van der Waals surface area contributed by atoms with E-state index in [-0.39, 0.29) is 4.90 Å². The summed E-state index contributed by atoms with van der Waals surface area (Å²) in [4.78, 5) is 0.101. The van der Waals surface area contributed by atoms with Crippen molar-refractivity contribution in [3.8, 4) is 0 Å². The van der Waals surface area contributed by atoms with Gasteiger partial charge in [0.15, 0.2) is 0 Å². The van der Waals surface area contributed by atoms with Crippen molar-refractivity contribution in [2.45, 2.75) is 4.90 Å². The Morgan fingerprint density at radius 1 is 1.42 bits per heavy atom. The lowest BCUT2D eigenvalue weighted by Crippen LogP contribution is -1.91. The lowest BCUT2D eigenvalue weighted by atomic mass is 10.4. The van der Waals surface area contributed by atoms with E-state index in [4.69, 9.17) is 10.7 Å². The Kier molecular flexibility index (Phi) is 3.41. The molecule has 0 saturated heterocycles. The Bertz CT molecular complexity index is 404. The Hall–Kier alpha value is 0.670. The second-order valence-electron chi connectivity index (χ2n) is 2.01. The minimum Gasteiger partial charge on any atom is -0.207 e. The third-order valence-electron chi connectivity index (χ3n) is 1.16.